The average Bonchev–Trinajstić information content (AvgIpc) is 2.74. The molecular formula is C12H16N2O2. The van der Waals surface area contributed by atoms with E-state index in [1.807, 2.05) is 19.9 Å². The van der Waals surface area contributed by atoms with Gasteiger partial charge in [-0.3, -0.25) is 10.1 Å². The van der Waals surface area contributed by atoms with E-state index in [9.17, 15) is 10.1 Å². The molecule has 1 saturated heterocycles. The van der Waals surface area contributed by atoms with Crippen LogP contribution in [0.15, 0.2) is 12.1 Å². The molecule has 1 fully saturated rings. The third-order valence-corrected chi connectivity index (χ3v) is 3.30. The minimum Gasteiger partial charge on any atom is -0.366 e. The highest BCUT2D eigenvalue weighted by Gasteiger charge is 2.24. The first-order valence-corrected chi connectivity index (χ1v) is 5.61. The Morgan fingerprint density at radius 3 is 2.44 bits per heavy atom. The van der Waals surface area contributed by atoms with E-state index < -0.39 is 0 Å². The second-order valence-electron chi connectivity index (χ2n) is 4.33. The summed E-state index contributed by atoms with van der Waals surface area (Å²) < 4.78 is 0. The Hall–Kier alpha value is -1.58. The summed E-state index contributed by atoms with van der Waals surface area (Å²) >= 11 is 0. The molecule has 4 heteroatoms. The van der Waals surface area contributed by atoms with Crippen LogP contribution in [0.5, 0.6) is 0 Å². The molecule has 1 aliphatic rings. The summed E-state index contributed by atoms with van der Waals surface area (Å²) in [6.45, 7) is 5.84. The van der Waals surface area contributed by atoms with Crippen LogP contribution in [0.25, 0.3) is 0 Å². The van der Waals surface area contributed by atoms with E-state index in [1.54, 1.807) is 6.07 Å². The summed E-state index contributed by atoms with van der Waals surface area (Å²) in [6.07, 6.45) is 2.26. The summed E-state index contributed by atoms with van der Waals surface area (Å²) in [5.74, 6) is 0. The highest BCUT2D eigenvalue weighted by Crippen LogP contribution is 2.35. The lowest BCUT2D eigenvalue weighted by atomic mass is 10.1. The molecule has 86 valence electrons. The first-order valence-electron chi connectivity index (χ1n) is 5.61. The normalized spacial score (nSPS) is 15.5. The van der Waals surface area contributed by atoms with Gasteiger partial charge in [0.25, 0.3) is 5.69 Å². The lowest BCUT2D eigenvalue weighted by Gasteiger charge is -2.20. The molecule has 0 amide bonds. The number of rotatable bonds is 2. The van der Waals surface area contributed by atoms with Crippen LogP contribution < -0.4 is 4.90 Å². The number of hydrogen-bond donors (Lipinski definition) is 0. The summed E-state index contributed by atoms with van der Waals surface area (Å²) in [4.78, 5) is 12.9. The van der Waals surface area contributed by atoms with Gasteiger partial charge in [-0.1, -0.05) is 6.07 Å². The third-order valence-electron chi connectivity index (χ3n) is 3.30. The van der Waals surface area contributed by atoms with Crippen molar-refractivity contribution in [2.45, 2.75) is 26.7 Å². The van der Waals surface area contributed by atoms with E-state index in [0.717, 1.165) is 42.7 Å². The molecule has 0 bridgehead atoms. The monoisotopic (exact) mass is 220 g/mol. The lowest BCUT2D eigenvalue weighted by Crippen LogP contribution is -2.20. The number of nitro groups is 1. The first kappa shape index (κ1) is 10.9. The molecule has 0 aliphatic carbocycles. The van der Waals surface area contributed by atoms with Gasteiger partial charge in [0.1, 0.15) is 5.69 Å². The Kier molecular flexibility index (Phi) is 2.81. The van der Waals surface area contributed by atoms with Crippen LogP contribution in [-0.4, -0.2) is 18.0 Å². The highest BCUT2D eigenvalue weighted by atomic mass is 16.6. The van der Waals surface area contributed by atoms with Gasteiger partial charge >= 0.3 is 0 Å². The standard InChI is InChI=1S/C12H16N2O2/c1-9-5-6-11(14(15)16)12(10(9)2)13-7-3-4-8-13/h5-6H,3-4,7-8H2,1-2H3. The van der Waals surface area contributed by atoms with E-state index in [4.69, 9.17) is 0 Å². The molecule has 1 aromatic rings. The fourth-order valence-electron chi connectivity index (χ4n) is 2.27. The molecule has 0 spiro atoms. The van der Waals surface area contributed by atoms with Crippen LogP contribution in [0.1, 0.15) is 24.0 Å². The van der Waals surface area contributed by atoms with E-state index in [2.05, 4.69) is 4.90 Å². The summed E-state index contributed by atoms with van der Waals surface area (Å²) in [5, 5.41) is 11.0. The molecule has 0 radical (unpaired) electrons. The van der Waals surface area contributed by atoms with Gasteiger partial charge in [0.2, 0.25) is 0 Å². The average molecular weight is 220 g/mol. The molecule has 0 N–H and O–H groups in total. The predicted octanol–water partition coefficient (Wildman–Crippen LogP) is 2.81. The van der Waals surface area contributed by atoms with Crippen molar-refractivity contribution in [1.82, 2.24) is 0 Å². The van der Waals surface area contributed by atoms with Gasteiger partial charge in [0.15, 0.2) is 0 Å². The fraction of sp³-hybridized carbons (Fsp3) is 0.500. The van der Waals surface area contributed by atoms with Gasteiger partial charge in [-0.15, -0.1) is 0 Å². The molecule has 0 atom stereocenters. The number of nitro benzene ring substituents is 1. The maximum Gasteiger partial charge on any atom is 0.292 e. The summed E-state index contributed by atoms with van der Waals surface area (Å²) in [6, 6.07) is 3.45. The van der Waals surface area contributed by atoms with Crippen molar-refractivity contribution in [1.29, 1.82) is 0 Å². The molecule has 1 aromatic carbocycles. The van der Waals surface area contributed by atoms with Gasteiger partial charge < -0.3 is 4.90 Å². The Bertz CT molecular complexity index is 423. The second kappa shape index (κ2) is 4.12. The van der Waals surface area contributed by atoms with Crippen LogP contribution in [0.2, 0.25) is 0 Å². The summed E-state index contributed by atoms with van der Waals surface area (Å²) in [7, 11) is 0. The van der Waals surface area contributed by atoms with Crippen molar-refractivity contribution < 1.29 is 4.92 Å². The third kappa shape index (κ3) is 1.75. The van der Waals surface area contributed by atoms with Crippen molar-refractivity contribution in [3.63, 3.8) is 0 Å². The highest BCUT2D eigenvalue weighted by molar-refractivity contribution is 5.69. The maximum absolute atomic E-state index is 11.0. The van der Waals surface area contributed by atoms with Crippen LogP contribution in [-0.2, 0) is 0 Å². The number of aryl methyl sites for hydroxylation is 1. The number of benzene rings is 1. The molecule has 1 heterocycles. The molecule has 1 aliphatic heterocycles. The molecule has 2 rings (SSSR count). The smallest absolute Gasteiger partial charge is 0.292 e. The van der Waals surface area contributed by atoms with Gasteiger partial charge in [0.05, 0.1) is 4.92 Å². The van der Waals surface area contributed by atoms with Crippen molar-refractivity contribution in [2.24, 2.45) is 0 Å². The van der Waals surface area contributed by atoms with Crippen molar-refractivity contribution >= 4 is 11.4 Å². The van der Waals surface area contributed by atoms with Gasteiger partial charge in [-0.05, 0) is 37.8 Å². The zero-order chi connectivity index (χ0) is 11.7. The molecule has 16 heavy (non-hydrogen) atoms. The number of hydrogen-bond acceptors (Lipinski definition) is 3. The molecular weight excluding hydrogens is 204 g/mol. The van der Waals surface area contributed by atoms with E-state index in [-0.39, 0.29) is 10.6 Å². The number of anilines is 1. The second-order valence-corrected chi connectivity index (χ2v) is 4.33. The molecule has 0 aromatic heterocycles. The zero-order valence-corrected chi connectivity index (χ0v) is 9.69. The van der Waals surface area contributed by atoms with Crippen LogP contribution in [0, 0.1) is 24.0 Å². The Balaban J connectivity index is 2.53. The van der Waals surface area contributed by atoms with E-state index in [0.29, 0.717) is 0 Å². The quantitative estimate of drug-likeness (QED) is 0.568. The molecule has 4 nitrogen and oxygen atoms in total. The van der Waals surface area contributed by atoms with Gasteiger partial charge in [-0.2, -0.15) is 0 Å². The minimum absolute atomic E-state index is 0.241. The van der Waals surface area contributed by atoms with Crippen LogP contribution in [0.3, 0.4) is 0 Å². The molecule has 0 saturated carbocycles. The van der Waals surface area contributed by atoms with E-state index >= 15 is 0 Å². The van der Waals surface area contributed by atoms with Crippen molar-refractivity contribution in [2.75, 3.05) is 18.0 Å². The van der Waals surface area contributed by atoms with E-state index in [1.165, 1.54) is 0 Å². The van der Waals surface area contributed by atoms with Crippen molar-refractivity contribution in [3.8, 4) is 0 Å². The topological polar surface area (TPSA) is 46.4 Å². The summed E-state index contributed by atoms with van der Waals surface area (Å²) in [5.41, 5.74) is 3.22. The maximum atomic E-state index is 11.0. The SMILES string of the molecule is Cc1ccc([N+](=O)[O-])c(N2CCCC2)c1C. The Morgan fingerprint density at radius 1 is 1.25 bits per heavy atom. The molecule has 0 unspecified atom stereocenters. The largest absolute Gasteiger partial charge is 0.366 e. The van der Waals surface area contributed by atoms with Gasteiger partial charge in [0, 0.05) is 19.2 Å². The predicted molar refractivity (Wildman–Crippen MR) is 64.0 cm³/mol. The minimum atomic E-state index is -0.278. The van der Waals surface area contributed by atoms with Gasteiger partial charge in [-0.25, -0.2) is 0 Å². The fourth-order valence-corrected chi connectivity index (χ4v) is 2.27. The first-order chi connectivity index (χ1) is 7.61. The Labute approximate surface area is 95.0 Å². The number of nitrogens with zero attached hydrogens (tertiary/aromatic N) is 2. The van der Waals surface area contributed by atoms with Crippen molar-refractivity contribution in [3.05, 3.63) is 33.4 Å². The van der Waals surface area contributed by atoms with Crippen LogP contribution >= 0.6 is 0 Å². The lowest BCUT2D eigenvalue weighted by molar-refractivity contribution is -0.384. The van der Waals surface area contributed by atoms with Crippen LogP contribution in [0.4, 0.5) is 11.4 Å². The Morgan fingerprint density at radius 2 is 1.88 bits per heavy atom. The zero-order valence-electron chi connectivity index (χ0n) is 9.69.